The molecule has 10 nitrogen and oxygen atoms in total. The van der Waals surface area contributed by atoms with Crippen LogP contribution in [0.15, 0.2) is 36.8 Å². The summed E-state index contributed by atoms with van der Waals surface area (Å²) < 4.78 is 0. The van der Waals surface area contributed by atoms with E-state index in [1.807, 2.05) is 19.2 Å². The highest BCUT2D eigenvalue weighted by molar-refractivity contribution is 6.06. The Labute approximate surface area is 202 Å². The monoisotopic (exact) mass is 472 g/mol. The molecule has 4 aromatic heterocycles. The van der Waals surface area contributed by atoms with Crippen LogP contribution < -0.4 is 10.6 Å². The predicted octanol–water partition coefficient (Wildman–Crippen LogP) is 3.64. The number of hydrogen-bond donors (Lipinski definition) is 4. The Morgan fingerprint density at radius 2 is 1.97 bits per heavy atom. The fraction of sp³-hybridized carbons (Fsp3) is 0.320. The first kappa shape index (κ1) is 22.7. The minimum Gasteiger partial charge on any atom is -0.339 e. The van der Waals surface area contributed by atoms with Crippen molar-refractivity contribution in [1.29, 1.82) is 0 Å². The van der Waals surface area contributed by atoms with Gasteiger partial charge in [0.15, 0.2) is 0 Å². The predicted molar refractivity (Wildman–Crippen MR) is 134 cm³/mol. The quantitative estimate of drug-likeness (QED) is 0.339. The molecule has 180 valence electrons. The molecule has 5 rings (SSSR count). The SMILES string of the molecule is Cc1ncc(NC(=O)CN2CCC[C@@H]2C)cc1NC(=O)c1cnc2[nH]c(-c3c[nH]nc3C)cc2c1. The van der Waals surface area contributed by atoms with Crippen molar-refractivity contribution >= 4 is 34.2 Å². The van der Waals surface area contributed by atoms with Crippen molar-refractivity contribution in [3.05, 3.63) is 53.7 Å². The van der Waals surface area contributed by atoms with E-state index in [0.717, 1.165) is 41.7 Å². The molecule has 4 N–H and O–H groups in total. The largest absolute Gasteiger partial charge is 0.339 e. The maximum absolute atomic E-state index is 13.0. The van der Waals surface area contributed by atoms with E-state index in [4.69, 9.17) is 0 Å². The van der Waals surface area contributed by atoms with Gasteiger partial charge >= 0.3 is 0 Å². The van der Waals surface area contributed by atoms with E-state index < -0.39 is 0 Å². The van der Waals surface area contributed by atoms with Gasteiger partial charge in [-0.2, -0.15) is 5.10 Å². The standard InChI is InChI=1S/C25H28N8O2/c1-14-5-4-6-33(14)13-23(34)29-19-9-21(16(3)26-11-19)31-25(35)18-7-17-8-22(30-24(17)27-10-18)20-12-28-32-15(20)2/h7-12,14H,4-6,13H2,1-3H3,(H,27,30)(H,28,32)(H,29,34)(H,31,35)/t14-/m0/s1. The van der Waals surface area contributed by atoms with E-state index in [1.165, 1.54) is 6.20 Å². The second-order valence-corrected chi connectivity index (χ2v) is 9.05. The van der Waals surface area contributed by atoms with Crippen LogP contribution in [0.25, 0.3) is 22.3 Å². The Hall–Kier alpha value is -4.05. The number of nitrogens with zero attached hydrogens (tertiary/aromatic N) is 4. The van der Waals surface area contributed by atoms with Crippen LogP contribution in [0, 0.1) is 13.8 Å². The lowest BCUT2D eigenvalue weighted by atomic mass is 10.1. The van der Waals surface area contributed by atoms with Gasteiger partial charge in [0.05, 0.1) is 46.8 Å². The minimum absolute atomic E-state index is 0.0903. The topological polar surface area (TPSA) is 132 Å². The lowest BCUT2D eigenvalue weighted by molar-refractivity contribution is -0.117. The summed E-state index contributed by atoms with van der Waals surface area (Å²) >= 11 is 0. The van der Waals surface area contributed by atoms with Gasteiger partial charge in [0.1, 0.15) is 5.65 Å². The molecule has 0 bridgehead atoms. The molecule has 1 saturated heterocycles. The van der Waals surface area contributed by atoms with E-state index in [2.05, 4.69) is 47.6 Å². The molecule has 0 saturated carbocycles. The molecule has 1 fully saturated rings. The van der Waals surface area contributed by atoms with Gasteiger partial charge in [0.25, 0.3) is 5.91 Å². The van der Waals surface area contributed by atoms with Crippen molar-refractivity contribution in [1.82, 2.24) is 30.0 Å². The molecule has 0 radical (unpaired) electrons. The van der Waals surface area contributed by atoms with Gasteiger partial charge in [-0.3, -0.25) is 24.6 Å². The highest BCUT2D eigenvalue weighted by Gasteiger charge is 2.22. The molecule has 0 spiro atoms. The maximum atomic E-state index is 13.0. The average molecular weight is 473 g/mol. The minimum atomic E-state index is -0.305. The number of hydrogen-bond acceptors (Lipinski definition) is 6. The van der Waals surface area contributed by atoms with Crippen molar-refractivity contribution in [3.8, 4) is 11.3 Å². The number of nitrogens with one attached hydrogen (secondary N) is 4. The lowest BCUT2D eigenvalue weighted by Gasteiger charge is -2.20. The first-order valence-corrected chi connectivity index (χ1v) is 11.7. The van der Waals surface area contributed by atoms with Crippen LogP contribution in [0.2, 0.25) is 0 Å². The Bertz CT molecular complexity index is 1410. The lowest BCUT2D eigenvalue weighted by Crippen LogP contribution is -2.35. The summed E-state index contributed by atoms with van der Waals surface area (Å²) in [5.41, 5.74) is 5.54. The Morgan fingerprint density at radius 1 is 1.11 bits per heavy atom. The fourth-order valence-corrected chi connectivity index (χ4v) is 4.45. The smallest absolute Gasteiger partial charge is 0.257 e. The molecule has 35 heavy (non-hydrogen) atoms. The summed E-state index contributed by atoms with van der Waals surface area (Å²) in [6, 6.07) is 5.88. The number of aromatic nitrogens is 5. The summed E-state index contributed by atoms with van der Waals surface area (Å²) in [6.45, 7) is 7.15. The molecule has 1 atom stereocenters. The number of fused-ring (bicyclic) bond motifs is 1. The summed E-state index contributed by atoms with van der Waals surface area (Å²) in [4.78, 5) is 39.7. The normalized spacial score (nSPS) is 16.0. The molecule has 10 heteroatoms. The number of amides is 2. The second-order valence-electron chi connectivity index (χ2n) is 9.05. The first-order valence-electron chi connectivity index (χ1n) is 11.7. The van der Waals surface area contributed by atoms with Crippen LogP contribution >= 0.6 is 0 Å². The molecular formula is C25H28N8O2. The number of H-pyrrole nitrogens is 2. The first-order chi connectivity index (χ1) is 16.9. The molecule has 1 aliphatic heterocycles. The van der Waals surface area contributed by atoms with Gasteiger partial charge < -0.3 is 15.6 Å². The molecule has 2 amide bonds. The van der Waals surface area contributed by atoms with E-state index in [0.29, 0.717) is 40.9 Å². The Kier molecular flexibility index (Phi) is 6.04. The summed E-state index contributed by atoms with van der Waals surface area (Å²) in [5.74, 6) is -0.395. The number of aryl methyl sites for hydroxylation is 2. The van der Waals surface area contributed by atoms with Crippen molar-refractivity contribution in [2.45, 2.75) is 39.7 Å². The Balaban J connectivity index is 1.30. The number of rotatable bonds is 6. The Morgan fingerprint density at radius 3 is 2.71 bits per heavy atom. The zero-order valence-electron chi connectivity index (χ0n) is 20.0. The number of aromatic amines is 2. The highest BCUT2D eigenvalue weighted by Crippen LogP contribution is 2.26. The maximum Gasteiger partial charge on any atom is 0.257 e. The molecule has 0 aromatic carbocycles. The number of carbonyl (C=O) groups excluding carboxylic acids is 2. The molecule has 5 heterocycles. The third-order valence-electron chi connectivity index (χ3n) is 6.51. The van der Waals surface area contributed by atoms with Gasteiger partial charge in [-0.1, -0.05) is 0 Å². The van der Waals surface area contributed by atoms with E-state index in [-0.39, 0.29) is 11.8 Å². The summed E-state index contributed by atoms with van der Waals surface area (Å²) in [6.07, 6.45) is 7.18. The van der Waals surface area contributed by atoms with Crippen LogP contribution in [0.3, 0.4) is 0 Å². The number of carbonyl (C=O) groups is 2. The van der Waals surface area contributed by atoms with Gasteiger partial charge in [-0.25, -0.2) is 4.98 Å². The van der Waals surface area contributed by atoms with Gasteiger partial charge in [0, 0.05) is 29.4 Å². The number of likely N-dealkylation sites (tertiary alicyclic amines) is 1. The van der Waals surface area contributed by atoms with Gasteiger partial charge in [-0.05, 0) is 58.4 Å². The fourth-order valence-electron chi connectivity index (χ4n) is 4.45. The van der Waals surface area contributed by atoms with Crippen molar-refractivity contribution in [2.24, 2.45) is 0 Å². The number of pyridine rings is 2. The molecular weight excluding hydrogens is 444 g/mol. The van der Waals surface area contributed by atoms with Crippen LogP contribution in [0.4, 0.5) is 11.4 Å². The van der Waals surface area contributed by atoms with Crippen molar-refractivity contribution < 1.29 is 9.59 Å². The van der Waals surface area contributed by atoms with Crippen molar-refractivity contribution in [2.75, 3.05) is 23.7 Å². The van der Waals surface area contributed by atoms with Gasteiger partial charge in [0.2, 0.25) is 5.91 Å². The molecule has 0 unspecified atom stereocenters. The average Bonchev–Trinajstić information content (AvgIpc) is 3.55. The van der Waals surface area contributed by atoms with E-state index >= 15 is 0 Å². The third-order valence-corrected chi connectivity index (χ3v) is 6.51. The van der Waals surface area contributed by atoms with E-state index in [1.54, 1.807) is 25.3 Å². The third kappa shape index (κ3) is 4.78. The van der Waals surface area contributed by atoms with E-state index in [9.17, 15) is 9.59 Å². The number of anilines is 2. The van der Waals surface area contributed by atoms with Gasteiger partial charge in [-0.15, -0.1) is 0 Å². The molecule has 1 aliphatic rings. The second kappa shape index (κ2) is 9.30. The summed E-state index contributed by atoms with van der Waals surface area (Å²) in [7, 11) is 0. The summed E-state index contributed by atoms with van der Waals surface area (Å²) in [5, 5.41) is 13.6. The van der Waals surface area contributed by atoms with Crippen molar-refractivity contribution in [3.63, 3.8) is 0 Å². The molecule has 4 aromatic rings. The van der Waals surface area contributed by atoms with Crippen LogP contribution in [-0.2, 0) is 4.79 Å². The molecule has 0 aliphatic carbocycles. The zero-order chi connectivity index (χ0) is 24.5. The van der Waals surface area contributed by atoms with Crippen LogP contribution in [0.5, 0.6) is 0 Å². The van der Waals surface area contributed by atoms with Crippen LogP contribution in [-0.4, -0.2) is 61.0 Å². The zero-order valence-corrected chi connectivity index (χ0v) is 20.0. The van der Waals surface area contributed by atoms with Crippen LogP contribution in [0.1, 0.15) is 41.5 Å². The highest BCUT2D eigenvalue weighted by atomic mass is 16.2.